The van der Waals surface area contributed by atoms with Gasteiger partial charge in [-0.15, -0.1) is 0 Å². The standard InChI is InChI=1S/C19H20N4O/c1-13-4-3-11-23-12-17(22-18(13)23)14-6-8-15(9-7-14)21-19(24)16-5-2-10-20-16/h3-4,6-9,11-12,16,20H,2,5,10H2,1H3,(H,21,24)/t16-/m0/s1. The molecule has 1 aromatic carbocycles. The molecule has 4 rings (SSSR count). The van der Waals surface area contributed by atoms with Crippen molar-refractivity contribution in [1.82, 2.24) is 14.7 Å². The molecule has 0 unspecified atom stereocenters. The number of amides is 1. The van der Waals surface area contributed by atoms with E-state index >= 15 is 0 Å². The quantitative estimate of drug-likeness (QED) is 0.780. The highest BCUT2D eigenvalue weighted by Gasteiger charge is 2.21. The number of aromatic nitrogens is 2. The van der Waals surface area contributed by atoms with Crippen molar-refractivity contribution in [2.75, 3.05) is 11.9 Å². The van der Waals surface area contributed by atoms with Crippen LogP contribution in [0.5, 0.6) is 0 Å². The van der Waals surface area contributed by atoms with Crippen LogP contribution in [0.1, 0.15) is 18.4 Å². The van der Waals surface area contributed by atoms with Gasteiger partial charge < -0.3 is 15.0 Å². The second kappa shape index (κ2) is 6.09. The molecule has 2 N–H and O–H groups in total. The van der Waals surface area contributed by atoms with E-state index in [4.69, 9.17) is 4.98 Å². The van der Waals surface area contributed by atoms with Gasteiger partial charge in [0.15, 0.2) is 0 Å². The van der Waals surface area contributed by atoms with E-state index in [0.29, 0.717) is 0 Å². The van der Waals surface area contributed by atoms with Crippen molar-refractivity contribution in [3.8, 4) is 11.3 Å². The highest BCUT2D eigenvalue weighted by atomic mass is 16.2. The van der Waals surface area contributed by atoms with Crippen LogP contribution in [-0.4, -0.2) is 27.9 Å². The first-order valence-electron chi connectivity index (χ1n) is 8.30. The number of nitrogens with one attached hydrogen (secondary N) is 2. The zero-order valence-electron chi connectivity index (χ0n) is 13.6. The molecule has 1 fully saturated rings. The van der Waals surface area contributed by atoms with Crippen LogP contribution in [0.25, 0.3) is 16.9 Å². The topological polar surface area (TPSA) is 58.4 Å². The molecular formula is C19H20N4O. The number of pyridine rings is 1. The van der Waals surface area contributed by atoms with Crippen molar-refractivity contribution in [2.24, 2.45) is 0 Å². The third kappa shape index (κ3) is 2.78. The van der Waals surface area contributed by atoms with Crippen LogP contribution in [-0.2, 0) is 4.79 Å². The summed E-state index contributed by atoms with van der Waals surface area (Å²) in [7, 11) is 0. The van der Waals surface area contributed by atoms with Gasteiger partial charge in [0.1, 0.15) is 5.65 Å². The lowest BCUT2D eigenvalue weighted by molar-refractivity contribution is -0.117. The first-order chi connectivity index (χ1) is 11.7. The van der Waals surface area contributed by atoms with Crippen LogP contribution in [0, 0.1) is 6.92 Å². The number of carbonyl (C=O) groups excluding carboxylic acids is 1. The lowest BCUT2D eigenvalue weighted by Gasteiger charge is -2.11. The normalized spacial score (nSPS) is 17.3. The summed E-state index contributed by atoms with van der Waals surface area (Å²) >= 11 is 0. The fourth-order valence-corrected chi connectivity index (χ4v) is 3.15. The largest absolute Gasteiger partial charge is 0.325 e. The average molecular weight is 320 g/mol. The van der Waals surface area contributed by atoms with E-state index in [1.165, 1.54) is 0 Å². The number of hydrogen-bond acceptors (Lipinski definition) is 3. The molecule has 3 heterocycles. The van der Waals surface area contributed by atoms with Gasteiger partial charge in [0.05, 0.1) is 11.7 Å². The zero-order valence-corrected chi connectivity index (χ0v) is 13.6. The van der Waals surface area contributed by atoms with Gasteiger partial charge in [-0.25, -0.2) is 4.98 Å². The molecule has 0 spiro atoms. The fraction of sp³-hybridized carbons (Fsp3) is 0.263. The molecule has 5 heteroatoms. The van der Waals surface area contributed by atoms with E-state index < -0.39 is 0 Å². The molecule has 1 amide bonds. The second-order valence-electron chi connectivity index (χ2n) is 6.26. The number of fused-ring (bicyclic) bond motifs is 1. The zero-order chi connectivity index (χ0) is 16.5. The van der Waals surface area contributed by atoms with Gasteiger partial charge in [0, 0.05) is 23.6 Å². The minimum atomic E-state index is -0.0638. The van der Waals surface area contributed by atoms with Gasteiger partial charge in [-0.3, -0.25) is 4.79 Å². The Morgan fingerprint density at radius 1 is 1.29 bits per heavy atom. The molecule has 0 radical (unpaired) electrons. The molecule has 1 aliphatic heterocycles. The minimum Gasteiger partial charge on any atom is -0.325 e. The van der Waals surface area contributed by atoms with E-state index in [9.17, 15) is 4.79 Å². The molecule has 0 aliphatic carbocycles. The minimum absolute atomic E-state index is 0.0450. The molecule has 1 saturated heterocycles. The van der Waals surface area contributed by atoms with Crippen molar-refractivity contribution in [2.45, 2.75) is 25.8 Å². The smallest absolute Gasteiger partial charge is 0.241 e. The fourth-order valence-electron chi connectivity index (χ4n) is 3.15. The molecule has 24 heavy (non-hydrogen) atoms. The molecule has 5 nitrogen and oxygen atoms in total. The summed E-state index contributed by atoms with van der Waals surface area (Å²) in [5, 5.41) is 6.18. The molecule has 0 saturated carbocycles. The van der Waals surface area contributed by atoms with E-state index in [0.717, 1.165) is 47.5 Å². The van der Waals surface area contributed by atoms with E-state index in [2.05, 4.69) is 23.6 Å². The number of nitrogens with zero attached hydrogens (tertiary/aromatic N) is 2. The highest BCUT2D eigenvalue weighted by molar-refractivity contribution is 5.95. The predicted molar refractivity (Wildman–Crippen MR) is 95.0 cm³/mol. The Balaban J connectivity index is 1.54. The summed E-state index contributed by atoms with van der Waals surface area (Å²) in [6, 6.07) is 11.9. The van der Waals surface area contributed by atoms with Gasteiger partial charge in [-0.2, -0.15) is 0 Å². The summed E-state index contributed by atoms with van der Waals surface area (Å²) in [6.45, 7) is 2.98. The molecule has 122 valence electrons. The monoisotopic (exact) mass is 320 g/mol. The van der Waals surface area contributed by atoms with Gasteiger partial charge in [0.2, 0.25) is 5.91 Å². The van der Waals surface area contributed by atoms with Crippen LogP contribution in [0.15, 0.2) is 48.8 Å². The molecule has 1 atom stereocenters. The maximum Gasteiger partial charge on any atom is 0.241 e. The Kier molecular flexibility index (Phi) is 3.78. The van der Waals surface area contributed by atoms with E-state index in [1.807, 2.05) is 47.1 Å². The van der Waals surface area contributed by atoms with Crippen LogP contribution < -0.4 is 10.6 Å². The summed E-state index contributed by atoms with van der Waals surface area (Å²) in [5.41, 5.74) is 4.90. The summed E-state index contributed by atoms with van der Waals surface area (Å²) in [6.07, 6.45) is 6.00. The highest BCUT2D eigenvalue weighted by Crippen LogP contribution is 2.22. The summed E-state index contributed by atoms with van der Waals surface area (Å²) in [4.78, 5) is 16.8. The van der Waals surface area contributed by atoms with Gasteiger partial charge in [0.25, 0.3) is 0 Å². The number of benzene rings is 1. The maximum atomic E-state index is 12.1. The van der Waals surface area contributed by atoms with E-state index in [1.54, 1.807) is 0 Å². The molecular weight excluding hydrogens is 300 g/mol. The lowest BCUT2D eigenvalue weighted by Crippen LogP contribution is -2.35. The number of carbonyl (C=O) groups is 1. The number of imidazole rings is 1. The summed E-state index contributed by atoms with van der Waals surface area (Å²) < 4.78 is 2.03. The Hall–Kier alpha value is -2.66. The van der Waals surface area contributed by atoms with Gasteiger partial charge in [-0.05, 0) is 50.1 Å². The Morgan fingerprint density at radius 2 is 2.12 bits per heavy atom. The Labute approximate surface area is 140 Å². The van der Waals surface area contributed by atoms with E-state index in [-0.39, 0.29) is 11.9 Å². The van der Waals surface area contributed by atoms with Crippen molar-refractivity contribution in [3.63, 3.8) is 0 Å². The SMILES string of the molecule is Cc1cccn2cc(-c3ccc(NC(=O)[C@@H]4CCCN4)cc3)nc12. The number of anilines is 1. The van der Waals surface area contributed by atoms with Gasteiger partial charge in [-0.1, -0.05) is 18.2 Å². The summed E-state index contributed by atoms with van der Waals surface area (Å²) in [5.74, 6) is 0.0450. The lowest BCUT2D eigenvalue weighted by atomic mass is 10.1. The van der Waals surface area contributed by atoms with Crippen molar-refractivity contribution in [1.29, 1.82) is 0 Å². The first kappa shape index (κ1) is 14.9. The average Bonchev–Trinajstić information content (AvgIpc) is 3.26. The van der Waals surface area contributed by atoms with Crippen molar-refractivity contribution in [3.05, 3.63) is 54.4 Å². The number of hydrogen-bond donors (Lipinski definition) is 2. The van der Waals surface area contributed by atoms with Crippen LogP contribution >= 0.6 is 0 Å². The maximum absolute atomic E-state index is 12.1. The first-order valence-corrected chi connectivity index (χ1v) is 8.30. The number of aryl methyl sites for hydroxylation is 1. The Bertz CT molecular complexity index is 876. The van der Waals surface area contributed by atoms with Crippen LogP contribution in [0.2, 0.25) is 0 Å². The molecule has 2 aromatic heterocycles. The molecule has 0 bridgehead atoms. The van der Waals surface area contributed by atoms with Crippen molar-refractivity contribution >= 4 is 17.2 Å². The molecule has 1 aliphatic rings. The third-order valence-electron chi connectivity index (χ3n) is 4.50. The molecule has 3 aromatic rings. The predicted octanol–water partition coefficient (Wildman–Crippen LogP) is 3.00. The number of rotatable bonds is 3. The Morgan fingerprint density at radius 3 is 2.83 bits per heavy atom. The third-order valence-corrected chi connectivity index (χ3v) is 4.50. The van der Waals surface area contributed by atoms with Gasteiger partial charge >= 0.3 is 0 Å². The van der Waals surface area contributed by atoms with Crippen LogP contribution in [0.4, 0.5) is 5.69 Å². The van der Waals surface area contributed by atoms with Crippen LogP contribution in [0.3, 0.4) is 0 Å². The van der Waals surface area contributed by atoms with Crippen molar-refractivity contribution < 1.29 is 4.79 Å². The second-order valence-corrected chi connectivity index (χ2v) is 6.26.